The zero-order valence-corrected chi connectivity index (χ0v) is 10.2. The van der Waals surface area contributed by atoms with Crippen molar-refractivity contribution in [1.82, 2.24) is 4.98 Å². The zero-order valence-electron chi connectivity index (χ0n) is 10.2. The molecule has 0 unspecified atom stereocenters. The SMILES string of the molecule is Nc1nccc2c1[N+](=O)CN2[C@@H]1C=C(CO)[C@@H](O)C1. The zero-order chi connectivity index (χ0) is 13.6. The van der Waals surface area contributed by atoms with Gasteiger partial charge in [-0.2, -0.15) is 0 Å². The van der Waals surface area contributed by atoms with E-state index in [0.29, 0.717) is 17.7 Å². The highest BCUT2D eigenvalue weighted by atomic mass is 16.3. The Morgan fingerprint density at radius 2 is 2.37 bits per heavy atom. The Kier molecular flexibility index (Phi) is 2.72. The summed E-state index contributed by atoms with van der Waals surface area (Å²) in [5, 5.41) is 18.9. The number of nitrogens with two attached hydrogens (primary N) is 1. The number of aromatic nitrogens is 1. The maximum atomic E-state index is 11.9. The van der Waals surface area contributed by atoms with Gasteiger partial charge in [-0.15, -0.1) is 0 Å². The molecule has 0 amide bonds. The second kappa shape index (κ2) is 4.29. The number of nitrogens with zero attached hydrogens (tertiary/aromatic N) is 3. The molecule has 2 heterocycles. The molecule has 1 aliphatic heterocycles. The highest BCUT2D eigenvalue weighted by Crippen LogP contribution is 2.40. The summed E-state index contributed by atoms with van der Waals surface area (Å²) in [7, 11) is 0. The summed E-state index contributed by atoms with van der Waals surface area (Å²) in [6, 6.07) is 1.62. The van der Waals surface area contributed by atoms with E-state index in [0.717, 1.165) is 10.4 Å². The molecule has 7 nitrogen and oxygen atoms in total. The summed E-state index contributed by atoms with van der Waals surface area (Å²) in [5.41, 5.74) is 7.41. The van der Waals surface area contributed by atoms with Gasteiger partial charge in [-0.25, -0.2) is 4.98 Å². The lowest BCUT2D eigenvalue weighted by atomic mass is 10.2. The van der Waals surface area contributed by atoms with Gasteiger partial charge in [0.25, 0.3) is 6.67 Å². The van der Waals surface area contributed by atoms with Gasteiger partial charge in [0.05, 0.1) is 23.5 Å². The van der Waals surface area contributed by atoms with Crippen molar-refractivity contribution in [2.45, 2.75) is 18.6 Å². The van der Waals surface area contributed by atoms with E-state index in [4.69, 9.17) is 10.8 Å². The van der Waals surface area contributed by atoms with Crippen LogP contribution in [0.3, 0.4) is 0 Å². The predicted octanol–water partition coefficient (Wildman–Crippen LogP) is -0.0964. The lowest BCUT2D eigenvalue weighted by Crippen LogP contribution is -2.33. The number of fused-ring (bicyclic) bond motifs is 1. The van der Waals surface area contributed by atoms with E-state index in [1.54, 1.807) is 12.3 Å². The molecule has 0 saturated heterocycles. The highest BCUT2D eigenvalue weighted by molar-refractivity contribution is 5.74. The van der Waals surface area contributed by atoms with Gasteiger partial charge in [-0.05, 0) is 11.6 Å². The lowest BCUT2D eigenvalue weighted by Gasteiger charge is -2.20. The maximum Gasteiger partial charge on any atom is 0.323 e. The second-order valence-corrected chi connectivity index (χ2v) is 4.77. The Hall–Kier alpha value is -1.99. The smallest absolute Gasteiger partial charge is 0.323 e. The van der Waals surface area contributed by atoms with Crippen LogP contribution in [0.2, 0.25) is 0 Å². The molecule has 1 aromatic rings. The van der Waals surface area contributed by atoms with Crippen LogP contribution in [-0.4, -0.2) is 45.4 Å². The summed E-state index contributed by atoms with van der Waals surface area (Å²) < 4.78 is 0.800. The highest BCUT2D eigenvalue weighted by Gasteiger charge is 2.42. The molecule has 1 aliphatic carbocycles. The molecule has 0 radical (unpaired) electrons. The fraction of sp³-hybridized carbons (Fsp3) is 0.417. The van der Waals surface area contributed by atoms with Crippen molar-refractivity contribution in [2.24, 2.45) is 0 Å². The number of pyridine rings is 1. The molecule has 2 aliphatic rings. The molecule has 0 bridgehead atoms. The van der Waals surface area contributed by atoms with Crippen LogP contribution in [0.5, 0.6) is 0 Å². The van der Waals surface area contributed by atoms with E-state index in [1.165, 1.54) is 0 Å². The Balaban J connectivity index is 1.96. The third-order valence-electron chi connectivity index (χ3n) is 3.65. The van der Waals surface area contributed by atoms with Crippen LogP contribution in [0.15, 0.2) is 23.9 Å². The molecule has 2 atom stereocenters. The molecule has 0 saturated carbocycles. The molecule has 3 rings (SSSR count). The second-order valence-electron chi connectivity index (χ2n) is 4.77. The minimum atomic E-state index is -0.654. The summed E-state index contributed by atoms with van der Waals surface area (Å²) in [5.74, 6) is 0.208. The first-order valence-electron chi connectivity index (χ1n) is 6.07. The minimum Gasteiger partial charge on any atom is -0.392 e. The molecule has 1 aromatic heterocycles. The number of anilines is 2. The van der Waals surface area contributed by atoms with Gasteiger partial charge >= 0.3 is 5.69 Å². The van der Waals surface area contributed by atoms with Gasteiger partial charge in [0.2, 0.25) is 5.82 Å². The molecule has 100 valence electrons. The van der Waals surface area contributed by atoms with Crippen LogP contribution >= 0.6 is 0 Å². The van der Waals surface area contributed by atoms with Crippen LogP contribution in [-0.2, 0) is 0 Å². The van der Waals surface area contributed by atoms with Gasteiger partial charge in [0, 0.05) is 17.5 Å². The number of nitroso groups, excluding NO2 is 1. The monoisotopic (exact) mass is 263 g/mol. The molecule has 0 spiro atoms. The van der Waals surface area contributed by atoms with Crippen LogP contribution < -0.4 is 10.6 Å². The Labute approximate surface area is 109 Å². The Bertz CT molecular complexity index is 572. The van der Waals surface area contributed by atoms with Crippen molar-refractivity contribution < 1.29 is 15.0 Å². The van der Waals surface area contributed by atoms with Crippen LogP contribution in [0, 0.1) is 4.91 Å². The number of rotatable bonds is 2. The predicted molar refractivity (Wildman–Crippen MR) is 68.9 cm³/mol. The van der Waals surface area contributed by atoms with E-state index in [-0.39, 0.29) is 25.1 Å². The molecule has 4 N–H and O–H groups in total. The first-order chi connectivity index (χ1) is 9.11. The molecule has 7 heteroatoms. The molecule has 0 fully saturated rings. The molecular formula is C12H15N4O3+. The lowest BCUT2D eigenvalue weighted by molar-refractivity contribution is -0.451. The maximum absolute atomic E-state index is 11.9. The van der Waals surface area contributed by atoms with E-state index >= 15 is 0 Å². The quantitative estimate of drug-likeness (QED) is 0.509. The summed E-state index contributed by atoms with van der Waals surface area (Å²) >= 11 is 0. The van der Waals surface area contributed by atoms with Crippen molar-refractivity contribution in [3.05, 3.63) is 28.8 Å². The van der Waals surface area contributed by atoms with Gasteiger partial charge in [0.15, 0.2) is 0 Å². The van der Waals surface area contributed by atoms with Gasteiger partial charge in [0.1, 0.15) is 5.69 Å². The van der Waals surface area contributed by atoms with Crippen molar-refractivity contribution in [1.29, 1.82) is 0 Å². The van der Waals surface area contributed by atoms with Crippen molar-refractivity contribution in [3.8, 4) is 0 Å². The van der Waals surface area contributed by atoms with Crippen molar-refractivity contribution in [3.63, 3.8) is 0 Å². The number of aliphatic hydroxyl groups is 2. The number of nitrogen functional groups attached to an aromatic ring is 1. The van der Waals surface area contributed by atoms with Crippen molar-refractivity contribution in [2.75, 3.05) is 23.9 Å². The Morgan fingerprint density at radius 1 is 1.58 bits per heavy atom. The average Bonchev–Trinajstić information content (AvgIpc) is 2.91. The van der Waals surface area contributed by atoms with Gasteiger partial charge in [-0.3, -0.25) is 0 Å². The summed E-state index contributed by atoms with van der Waals surface area (Å²) in [6.45, 7) is -0.0181. The van der Waals surface area contributed by atoms with Crippen molar-refractivity contribution >= 4 is 17.2 Å². The first kappa shape index (κ1) is 12.1. The Morgan fingerprint density at radius 3 is 3.05 bits per heavy atom. The third kappa shape index (κ3) is 1.78. The average molecular weight is 263 g/mol. The normalized spacial score (nSPS) is 25.7. The third-order valence-corrected chi connectivity index (χ3v) is 3.65. The van der Waals surface area contributed by atoms with E-state index in [2.05, 4.69) is 4.98 Å². The van der Waals surface area contributed by atoms with Crippen LogP contribution in [0.1, 0.15) is 6.42 Å². The van der Waals surface area contributed by atoms with Crippen LogP contribution in [0.4, 0.5) is 17.2 Å². The van der Waals surface area contributed by atoms with E-state index in [9.17, 15) is 10.0 Å². The number of hydrogen-bond acceptors (Lipinski definition) is 6. The van der Waals surface area contributed by atoms with Gasteiger partial charge < -0.3 is 20.8 Å². The standard InChI is InChI=1S/C12H15N4O3/c13-12-11-9(1-2-14-12)15(6-16(11)19)8-3-7(5-17)10(18)4-8/h1-3,8,10,17-18H,4-6H2,(H2,13,14)/q+1/t8-,10+/m1/s1. The largest absolute Gasteiger partial charge is 0.392 e. The molecule has 0 aromatic carbocycles. The summed E-state index contributed by atoms with van der Waals surface area (Å²) in [4.78, 5) is 17.7. The topological polar surface area (TPSA) is 103 Å². The van der Waals surface area contributed by atoms with Gasteiger partial charge in [-0.1, -0.05) is 6.08 Å². The van der Waals surface area contributed by atoms with E-state index < -0.39 is 6.10 Å². The molecular weight excluding hydrogens is 248 g/mol. The van der Waals surface area contributed by atoms with E-state index in [1.807, 2.05) is 11.0 Å². The fourth-order valence-corrected chi connectivity index (χ4v) is 2.70. The fourth-order valence-electron chi connectivity index (χ4n) is 2.70. The number of hydrogen-bond donors (Lipinski definition) is 3. The van der Waals surface area contributed by atoms with Crippen LogP contribution in [0.25, 0.3) is 0 Å². The minimum absolute atomic E-state index is 0.114. The first-order valence-corrected chi connectivity index (χ1v) is 6.07. The summed E-state index contributed by atoms with van der Waals surface area (Å²) in [6.07, 6.45) is 3.18. The number of aliphatic hydroxyl groups excluding tert-OH is 2. The molecule has 19 heavy (non-hydrogen) atoms.